The molecule has 0 saturated carbocycles. The van der Waals surface area contributed by atoms with Crippen LogP contribution in [0.4, 0.5) is 5.69 Å². The maximum absolute atomic E-state index is 11.9. The van der Waals surface area contributed by atoms with Gasteiger partial charge >= 0.3 is 0 Å². The van der Waals surface area contributed by atoms with Gasteiger partial charge in [-0.1, -0.05) is 42.5 Å². The van der Waals surface area contributed by atoms with Crippen LogP contribution in [0.15, 0.2) is 59.6 Å². The number of halogens is 1. The number of benzene rings is 2. The number of aliphatic imine (C=N–C) groups is 1. The Morgan fingerprint density at radius 3 is 2.44 bits per heavy atom. The van der Waals surface area contributed by atoms with E-state index in [1.165, 1.54) is 5.56 Å². The van der Waals surface area contributed by atoms with Gasteiger partial charge in [-0.05, 0) is 50.1 Å². The predicted molar refractivity (Wildman–Crippen MR) is 144 cm³/mol. The molecule has 1 unspecified atom stereocenters. The van der Waals surface area contributed by atoms with Crippen molar-refractivity contribution in [2.45, 2.75) is 45.3 Å². The molecule has 1 saturated heterocycles. The zero-order chi connectivity index (χ0) is 22.1. The molecule has 3 rings (SSSR count). The Bertz CT molecular complexity index is 856. The second kappa shape index (κ2) is 13.4. The summed E-state index contributed by atoms with van der Waals surface area (Å²) in [5.74, 6) is 1.02. The number of hydrogen-bond acceptors (Lipinski definition) is 3. The van der Waals surface area contributed by atoms with Crippen molar-refractivity contribution in [3.05, 3.63) is 65.7 Å². The Morgan fingerprint density at radius 2 is 1.81 bits per heavy atom. The number of carbonyl (C=O) groups excluding carboxylic acids is 1. The molecule has 2 aromatic carbocycles. The van der Waals surface area contributed by atoms with Gasteiger partial charge in [-0.15, -0.1) is 24.0 Å². The van der Waals surface area contributed by atoms with Gasteiger partial charge in [-0.2, -0.15) is 0 Å². The van der Waals surface area contributed by atoms with E-state index < -0.39 is 0 Å². The predicted octanol–water partition coefficient (Wildman–Crippen LogP) is 4.01. The highest BCUT2D eigenvalue weighted by Gasteiger charge is 2.21. The van der Waals surface area contributed by atoms with Gasteiger partial charge in [-0.25, -0.2) is 0 Å². The number of amides is 1. The number of carbonyl (C=O) groups is 1. The minimum atomic E-state index is 0. The van der Waals surface area contributed by atoms with Gasteiger partial charge in [0.05, 0.1) is 0 Å². The van der Waals surface area contributed by atoms with E-state index in [4.69, 9.17) is 0 Å². The Kier molecular flexibility index (Phi) is 11.0. The summed E-state index contributed by atoms with van der Waals surface area (Å²) >= 11 is 0. The molecule has 0 aromatic heterocycles. The average molecular weight is 550 g/mol. The minimum absolute atomic E-state index is 0. The summed E-state index contributed by atoms with van der Waals surface area (Å²) in [6.45, 7) is 5.58. The van der Waals surface area contributed by atoms with Crippen molar-refractivity contribution in [1.82, 2.24) is 15.5 Å². The van der Waals surface area contributed by atoms with Crippen LogP contribution in [-0.2, 0) is 17.9 Å². The first kappa shape index (κ1) is 26.1. The van der Waals surface area contributed by atoms with Gasteiger partial charge in [0.2, 0.25) is 5.91 Å². The topological polar surface area (TPSA) is 60.0 Å². The van der Waals surface area contributed by atoms with Crippen LogP contribution < -0.4 is 15.5 Å². The molecular formula is C25H36IN5O. The number of guanidine groups is 1. The number of nitrogens with one attached hydrogen (secondary N) is 2. The molecule has 1 aliphatic heterocycles. The van der Waals surface area contributed by atoms with E-state index >= 15 is 0 Å². The first-order chi connectivity index (χ1) is 15.1. The average Bonchev–Trinajstić information content (AvgIpc) is 3.22. The maximum Gasteiger partial charge on any atom is 0.227 e. The summed E-state index contributed by atoms with van der Waals surface area (Å²) in [6.07, 6.45) is 2.64. The first-order valence-electron chi connectivity index (χ1n) is 11.1. The van der Waals surface area contributed by atoms with Gasteiger partial charge in [0.1, 0.15) is 0 Å². The molecule has 32 heavy (non-hydrogen) atoms. The summed E-state index contributed by atoms with van der Waals surface area (Å²) in [5, 5.41) is 6.78. The van der Waals surface area contributed by atoms with E-state index in [9.17, 15) is 4.79 Å². The summed E-state index contributed by atoms with van der Waals surface area (Å²) in [5.41, 5.74) is 3.49. The fraction of sp³-hybridized carbons (Fsp3) is 0.440. The molecule has 7 heteroatoms. The zero-order valence-corrected chi connectivity index (χ0v) is 21.7. The van der Waals surface area contributed by atoms with Crippen LogP contribution in [0.2, 0.25) is 0 Å². The van der Waals surface area contributed by atoms with Crippen LogP contribution in [0.1, 0.15) is 37.3 Å². The maximum atomic E-state index is 11.9. The van der Waals surface area contributed by atoms with E-state index in [0.29, 0.717) is 19.0 Å². The molecule has 1 amide bonds. The summed E-state index contributed by atoms with van der Waals surface area (Å²) in [4.78, 5) is 20.5. The molecule has 2 aromatic rings. The van der Waals surface area contributed by atoms with Crippen molar-refractivity contribution in [1.29, 1.82) is 0 Å². The second-order valence-electron chi connectivity index (χ2n) is 8.21. The lowest BCUT2D eigenvalue weighted by Crippen LogP contribution is -2.39. The SMILES string of the molecule is CN=C(NCCC(C)N(C)Cc1ccccc1)NCc1ccc(N2CCCC2=O)cc1.I. The third kappa shape index (κ3) is 7.78. The van der Waals surface area contributed by atoms with Gasteiger partial charge in [0.15, 0.2) is 5.96 Å². The molecule has 0 radical (unpaired) electrons. The van der Waals surface area contributed by atoms with E-state index in [2.05, 4.69) is 77.0 Å². The molecular weight excluding hydrogens is 513 g/mol. The summed E-state index contributed by atoms with van der Waals surface area (Å²) in [6, 6.07) is 19.2. The standard InChI is InChI=1S/C25H35N5O.HI/c1-20(29(3)19-22-8-5-4-6-9-22)15-16-27-25(26-2)28-18-21-11-13-23(14-12-21)30-17-7-10-24(30)31;/h4-6,8-9,11-14,20H,7,10,15-19H2,1-3H3,(H2,26,27,28);1H. The van der Waals surface area contributed by atoms with Crippen molar-refractivity contribution in [2.24, 2.45) is 4.99 Å². The molecule has 0 spiro atoms. The Hall–Kier alpha value is -2.13. The van der Waals surface area contributed by atoms with Crippen LogP contribution >= 0.6 is 24.0 Å². The Balaban J connectivity index is 0.00000363. The third-order valence-corrected chi connectivity index (χ3v) is 5.89. The number of hydrogen-bond donors (Lipinski definition) is 2. The van der Waals surface area contributed by atoms with Crippen LogP contribution in [0.3, 0.4) is 0 Å². The van der Waals surface area contributed by atoms with E-state index in [1.54, 1.807) is 7.05 Å². The van der Waals surface area contributed by atoms with Gasteiger partial charge in [0.25, 0.3) is 0 Å². The fourth-order valence-corrected chi connectivity index (χ4v) is 3.77. The van der Waals surface area contributed by atoms with E-state index in [0.717, 1.165) is 49.7 Å². The number of anilines is 1. The fourth-order valence-electron chi connectivity index (χ4n) is 3.77. The molecule has 174 valence electrons. The molecule has 1 heterocycles. The van der Waals surface area contributed by atoms with Crippen LogP contribution in [0, 0.1) is 0 Å². The third-order valence-electron chi connectivity index (χ3n) is 5.89. The molecule has 0 aliphatic carbocycles. The monoisotopic (exact) mass is 549 g/mol. The summed E-state index contributed by atoms with van der Waals surface area (Å²) in [7, 11) is 3.96. The molecule has 1 atom stereocenters. The lowest BCUT2D eigenvalue weighted by atomic mass is 10.1. The van der Waals surface area contributed by atoms with Crippen LogP contribution in [0.25, 0.3) is 0 Å². The smallest absolute Gasteiger partial charge is 0.227 e. The first-order valence-corrected chi connectivity index (χ1v) is 11.1. The highest BCUT2D eigenvalue weighted by molar-refractivity contribution is 14.0. The Morgan fingerprint density at radius 1 is 1.09 bits per heavy atom. The van der Waals surface area contributed by atoms with Crippen LogP contribution in [0.5, 0.6) is 0 Å². The normalized spacial score (nSPS) is 14.9. The van der Waals surface area contributed by atoms with Gasteiger partial charge < -0.3 is 15.5 Å². The van der Waals surface area contributed by atoms with Gasteiger partial charge in [-0.3, -0.25) is 14.7 Å². The molecule has 2 N–H and O–H groups in total. The lowest BCUT2D eigenvalue weighted by molar-refractivity contribution is -0.117. The molecule has 1 fully saturated rings. The second-order valence-corrected chi connectivity index (χ2v) is 8.21. The van der Waals surface area contributed by atoms with Gasteiger partial charge in [0, 0.05) is 51.4 Å². The van der Waals surface area contributed by atoms with Crippen LogP contribution in [-0.4, -0.2) is 50.0 Å². The van der Waals surface area contributed by atoms with Crippen molar-refractivity contribution in [2.75, 3.05) is 32.1 Å². The van der Waals surface area contributed by atoms with Crippen molar-refractivity contribution < 1.29 is 4.79 Å². The molecule has 1 aliphatic rings. The largest absolute Gasteiger partial charge is 0.356 e. The number of rotatable bonds is 9. The minimum Gasteiger partial charge on any atom is -0.356 e. The van der Waals surface area contributed by atoms with Crippen molar-refractivity contribution in [3.63, 3.8) is 0 Å². The van der Waals surface area contributed by atoms with E-state index in [-0.39, 0.29) is 29.9 Å². The van der Waals surface area contributed by atoms with Crippen molar-refractivity contribution in [3.8, 4) is 0 Å². The number of nitrogens with zero attached hydrogens (tertiary/aromatic N) is 3. The lowest BCUT2D eigenvalue weighted by Gasteiger charge is -2.25. The molecule has 6 nitrogen and oxygen atoms in total. The molecule has 0 bridgehead atoms. The summed E-state index contributed by atoms with van der Waals surface area (Å²) < 4.78 is 0. The van der Waals surface area contributed by atoms with Crippen molar-refractivity contribution >= 4 is 41.5 Å². The van der Waals surface area contributed by atoms with E-state index in [1.807, 2.05) is 17.0 Å². The zero-order valence-electron chi connectivity index (χ0n) is 19.4. The quantitative estimate of drug-likeness (QED) is 0.282. The Labute approximate surface area is 209 Å². The highest BCUT2D eigenvalue weighted by atomic mass is 127. The highest BCUT2D eigenvalue weighted by Crippen LogP contribution is 2.21.